The minimum atomic E-state index is -0.489. The van der Waals surface area contributed by atoms with Crippen molar-refractivity contribution in [3.05, 3.63) is 11.3 Å². The zero-order chi connectivity index (χ0) is 14.3. The molecule has 1 aromatic rings. The number of cyclic esters (lactones) is 1. The SMILES string of the molecule is CC1c2c(noc2N2CCCOC2=O)CCN1C(N)=O. The summed E-state index contributed by atoms with van der Waals surface area (Å²) in [6, 6.07) is -0.760. The van der Waals surface area contributed by atoms with Gasteiger partial charge in [-0.15, -0.1) is 0 Å². The molecule has 20 heavy (non-hydrogen) atoms. The highest BCUT2D eigenvalue weighted by molar-refractivity contribution is 5.87. The lowest BCUT2D eigenvalue weighted by Gasteiger charge is -2.33. The fourth-order valence-corrected chi connectivity index (χ4v) is 2.73. The van der Waals surface area contributed by atoms with Crippen molar-refractivity contribution in [2.24, 2.45) is 5.73 Å². The second kappa shape index (κ2) is 4.69. The Morgan fingerprint density at radius 2 is 2.25 bits per heavy atom. The lowest BCUT2D eigenvalue weighted by molar-refractivity contribution is 0.137. The smallest absolute Gasteiger partial charge is 0.416 e. The summed E-state index contributed by atoms with van der Waals surface area (Å²) in [5, 5.41) is 4.01. The highest BCUT2D eigenvalue weighted by atomic mass is 16.6. The summed E-state index contributed by atoms with van der Waals surface area (Å²) in [6.07, 6.45) is 0.850. The van der Waals surface area contributed by atoms with Gasteiger partial charge in [0.15, 0.2) is 0 Å². The maximum atomic E-state index is 11.8. The molecule has 2 aliphatic heterocycles. The molecule has 3 amide bonds. The van der Waals surface area contributed by atoms with Crippen molar-refractivity contribution in [2.45, 2.75) is 25.8 Å². The van der Waals surface area contributed by atoms with Crippen molar-refractivity contribution in [1.29, 1.82) is 0 Å². The summed E-state index contributed by atoms with van der Waals surface area (Å²) >= 11 is 0. The van der Waals surface area contributed by atoms with E-state index in [0.29, 0.717) is 32.0 Å². The van der Waals surface area contributed by atoms with Crippen LogP contribution in [0.25, 0.3) is 0 Å². The highest BCUT2D eigenvalue weighted by Gasteiger charge is 2.37. The van der Waals surface area contributed by atoms with Crippen molar-refractivity contribution < 1.29 is 18.8 Å². The second-order valence-corrected chi connectivity index (χ2v) is 4.93. The first-order valence-electron chi connectivity index (χ1n) is 6.58. The maximum absolute atomic E-state index is 11.8. The summed E-state index contributed by atoms with van der Waals surface area (Å²) in [7, 11) is 0. The third kappa shape index (κ3) is 1.87. The fourth-order valence-electron chi connectivity index (χ4n) is 2.73. The molecule has 0 radical (unpaired) electrons. The van der Waals surface area contributed by atoms with Crippen molar-refractivity contribution in [3.63, 3.8) is 0 Å². The average Bonchev–Trinajstić information content (AvgIpc) is 2.84. The van der Waals surface area contributed by atoms with Crippen LogP contribution < -0.4 is 10.6 Å². The normalized spacial score (nSPS) is 22.4. The fraction of sp³-hybridized carbons (Fsp3) is 0.583. The van der Waals surface area contributed by atoms with Gasteiger partial charge in [0.2, 0.25) is 5.88 Å². The molecule has 3 rings (SSSR count). The number of rotatable bonds is 1. The molecule has 1 fully saturated rings. The molecule has 8 nitrogen and oxygen atoms in total. The predicted octanol–water partition coefficient (Wildman–Crippen LogP) is 1.02. The number of primary amides is 1. The van der Waals surface area contributed by atoms with Crippen LogP contribution in [-0.2, 0) is 11.2 Å². The molecule has 0 saturated carbocycles. The van der Waals surface area contributed by atoms with Crippen LogP contribution in [0, 0.1) is 0 Å². The molecule has 108 valence electrons. The van der Waals surface area contributed by atoms with Crippen LogP contribution in [0.3, 0.4) is 0 Å². The lowest BCUT2D eigenvalue weighted by Crippen LogP contribution is -2.43. The zero-order valence-corrected chi connectivity index (χ0v) is 11.2. The molecule has 1 aromatic heterocycles. The summed E-state index contributed by atoms with van der Waals surface area (Å²) < 4.78 is 10.3. The number of amides is 3. The van der Waals surface area contributed by atoms with Gasteiger partial charge in [-0.3, -0.25) is 0 Å². The van der Waals surface area contributed by atoms with E-state index < -0.39 is 12.1 Å². The number of ether oxygens (including phenoxy) is 1. The molecule has 3 heterocycles. The minimum Gasteiger partial charge on any atom is -0.449 e. The first kappa shape index (κ1) is 12.8. The summed E-state index contributed by atoms with van der Waals surface area (Å²) in [4.78, 5) is 26.2. The van der Waals surface area contributed by atoms with E-state index in [2.05, 4.69) is 5.16 Å². The van der Waals surface area contributed by atoms with E-state index >= 15 is 0 Å². The van der Waals surface area contributed by atoms with Crippen LogP contribution in [0.15, 0.2) is 4.52 Å². The van der Waals surface area contributed by atoms with Gasteiger partial charge >= 0.3 is 12.1 Å². The molecule has 0 bridgehead atoms. The van der Waals surface area contributed by atoms with Gasteiger partial charge in [0.05, 0.1) is 23.9 Å². The topological polar surface area (TPSA) is 102 Å². The van der Waals surface area contributed by atoms with Gasteiger partial charge in [-0.05, 0) is 13.3 Å². The van der Waals surface area contributed by atoms with Crippen molar-refractivity contribution in [1.82, 2.24) is 10.1 Å². The second-order valence-electron chi connectivity index (χ2n) is 4.93. The van der Waals surface area contributed by atoms with Gasteiger partial charge in [-0.25, -0.2) is 14.5 Å². The monoisotopic (exact) mass is 280 g/mol. The van der Waals surface area contributed by atoms with Crippen LogP contribution in [0.5, 0.6) is 0 Å². The first-order valence-corrected chi connectivity index (χ1v) is 6.58. The van der Waals surface area contributed by atoms with Gasteiger partial charge in [-0.2, -0.15) is 0 Å². The van der Waals surface area contributed by atoms with E-state index in [1.54, 1.807) is 0 Å². The Morgan fingerprint density at radius 1 is 1.45 bits per heavy atom. The molecule has 0 aliphatic carbocycles. The molecular formula is C12H16N4O4. The van der Waals surface area contributed by atoms with E-state index in [1.807, 2.05) is 6.92 Å². The Balaban J connectivity index is 1.97. The number of urea groups is 1. The molecule has 2 N–H and O–H groups in total. The van der Waals surface area contributed by atoms with Crippen LogP contribution >= 0.6 is 0 Å². The number of carbonyl (C=O) groups is 2. The maximum Gasteiger partial charge on any atom is 0.416 e. The third-order valence-corrected chi connectivity index (χ3v) is 3.76. The highest BCUT2D eigenvalue weighted by Crippen LogP contribution is 2.37. The van der Waals surface area contributed by atoms with Crippen LogP contribution in [0.2, 0.25) is 0 Å². The van der Waals surface area contributed by atoms with Gasteiger partial charge in [0, 0.05) is 19.5 Å². The van der Waals surface area contributed by atoms with Crippen molar-refractivity contribution >= 4 is 18.0 Å². The third-order valence-electron chi connectivity index (χ3n) is 3.76. The van der Waals surface area contributed by atoms with Gasteiger partial charge in [0.1, 0.15) is 0 Å². The molecule has 0 aromatic carbocycles. The molecule has 8 heteroatoms. The van der Waals surface area contributed by atoms with Crippen LogP contribution in [-0.4, -0.2) is 41.9 Å². The van der Waals surface area contributed by atoms with Crippen LogP contribution in [0.4, 0.5) is 15.5 Å². The van der Waals surface area contributed by atoms with E-state index in [0.717, 1.165) is 17.7 Å². The summed E-state index contributed by atoms with van der Waals surface area (Å²) in [5.41, 5.74) is 6.88. The molecule has 1 unspecified atom stereocenters. The Kier molecular flexibility index (Phi) is 3.00. The van der Waals surface area contributed by atoms with Gasteiger partial charge in [-0.1, -0.05) is 5.16 Å². The number of aromatic nitrogens is 1. The number of hydrogen-bond donors (Lipinski definition) is 1. The number of nitrogens with zero attached hydrogens (tertiary/aromatic N) is 3. The molecule has 1 saturated heterocycles. The van der Waals surface area contributed by atoms with E-state index in [9.17, 15) is 9.59 Å². The van der Waals surface area contributed by atoms with Crippen molar-refractivity contribution in [3.8, 4) is 0 Å². The Morgan fingerprint density at radius 3 is 2.95 bits per heavy atom. The first-order chi connectivity index (χ1) is 9.59. The Bertz CT molecular complexity index is 556. The molecule has 2 aliphatic rings. The number of fused-ring (bicyclic) bond motifs is 1. The van der Waals surface area contributed by atoms with E-state index in [1.165, 1.54) is 9.80 Å². The molecule has 0 spiro atoms. The largest absolute Gasteiger partial charge is 0.449 e. The summed E-state index contributed by atoms with van der Waals surface area (Å²) in [5.74, 6) is 0.364. The Labute approximate surface area is 115 Å². The zero-order valence-electron chi connectivity index (χ0n) is 11.2. The Hall–Kier alpha value is -2.25. The molecular weight excluding hydrogens is 264 g/mol. The number of carbonyl (C=O) groups excluding carboxylic acids is 2. The van der Waals surface area contributed by atoms with Crippen LogP contribution in [0.1, 0.15) is 30.6 Å². The van der Waals surface area contributed by atoms with Gasteiger partial charge < -0.3 is 19.9 Å². The number of nitrogens with two attached hydrogens (primary N) is 1. The van der Waals surface area contributed by atoms with Gasteiger partial charge in [0.25, 0.3) is 0 Å². The summed E-state index contributed by atoms with van der Waals surface area (Å²) in [6.45, 7) is 3.27. The number of anilines is 1. The standard InChI is InChI=1S/C12H16N4O4/c1-7-9-8(3-5-15(7)11(13)17)14-20-10(9)16-4-2-6-19-12(16)18/h7H,2-6H2,1H3,(H2,13,17). The van der Waals surface area contributed by atoms with E-state index in [4.69, 9.17) is 15.0 Å². The number of hydrogen-bond acceptors (Lipinski definition) is 5. The average molecular weight is 280 g/mol. The molecule has 1 atom stereocenters. The van der Waals surface area contributed by atoms with E-state index in [-0.39, 0.29) is 6.04 Å². The minimum absolute atomic E-state index is 0.271. The quantitative estimate of drug-likeness (QED) is 0.827. The predicted molar refractivity (Wildman–Crippen MR) is 68.2 cm³/mol. The lowest BCUT2D eigenvalue weighted by atomic mass is 9.99. The van der Waals surface area contributed by atoms with Crippen molar-refractivity contribution in [2.75, 3.05) is 24.6 Å².